The normalized spacial score (nSPS) is 13.8. The van der Waals surface area contributed by atoms with E-state index in [9.17, 15) is 13.9 Å². The van der Waals surface area contributed by atoms with Crippen molar-refractivity contribution >= 4 is 12.2 Å². The summed E-state index contributed by atoms with van der Waals surface area (Å²) in [6, 6.07) is 19.2. The first-order valence-corrected chi connectivity index (χ1v) is 11.6. The van der Waals surface area contributed by atoms with Crippen LogP contribution in [0.4, 0.5) is 8.78 Å². The Morgan fingerprint density at radius 3 is 2.59 bits per heavy atom. The lowest BCUT2D eigenvalue weighted by Crippen LogP contribution is -2.92. The number of amidine groups is 1. The van der Waals surface area contributed by atoms with Crippen LogP contribution < -0.4 is 10.1 Å². The zero-order valence-corrected chi connectivity index (χ0v) is 20.1. The number of aliphatic hydroxyl groups is 1. The number of nitrogens with zero attached hydrogens (tertiary/aromatic N) is 4. The van der Waals surface area contributed by atoms with E-state index in [1.165, 1.54) is 29.7 Å². The first kappa shape index (κ1) is 25.8. The summed E-state index contributed by atoms with van der Waals surface area (Å²) in [5.74, 6) is -0.940. The summed E-state index contributed by atoms with van der Waals surface area (Å²) in [6.07, 6.45) is 4.09. The molecule has 0 aliphatic rings. The van der Waals surface area contributed by atoms with E-state index in [0.717, 1.165) is 17.7 Å². The van der Waals surface area contributed by atoms with Crippen molar-refractivity contribution < 1.29 is 23.9 Å². The molecule has 190 valence electrons. The Morgan fingerprint density at radius 2 is 1.92 bits per heavy atom. The lowest BCUT2D eigenvalue weighted by atomic mass is 9.86. The SMILES string of the molecule is CC([NH2+]C=NC(=N)c1ccc(OCc2ccccc2)cc1)C(O)(Cn1cncn1)c1ccc(F)cc1F. The van der Waals surface area contributed by atoms with Crippen LogP contribution in [0.5, 0.6) is 5.75 Å². The molecule has 0 amide bonds. The number of halogens is 2. The van der Waals surface area contributed by atoms with Crippen LogP contribution in [0.2, 0.25) is 0 Å². The molecular weight excluding hydrogens is 478 g/mol. The van der Waals surface area contributed by atoms with Gasteiger partial charge in [0.15, 0.2) is 17.8 Å². The maximum atomic E-state index is 14.7. The minimum absolute atomic E-state index is 0.00541. The van der Waals surface area contributed by atoms with E-state index < -0.39 is 23.3 Å². The Hall–Kier alpha value is -4.28. The summed E-state index contributed by atoms with van der Waals surface area (Å²) in [5.41, 5.74) is -0.232. The Bertz CT molecular complexity index is 1350. The fraction of sp³-hybridized carbons (Fsp3) is 0.185. The molecule has 0 aliphatic carbocycles. The molecule has 1 aromatic heterocycles. The monoisotopic (exact) mass is 505 g/mol. The van der Waals surface area contributed by atoms with Crippen molar-refractivity contribution in [3.8, 4) is 5.75 Å². The van der Waals surface area contributed by atoms with Crippen molar-refractivity contribution in [2.75, 3.05) is 0 Å². The molecule has 10 heteroatoms. The highest BCUT2D eigenvalue weighted by Crippen LogP contribution is 2.28. The number of rotatable bonds is 10. The summed E-state index contributed by atoms with van der Waals surface area (Å²) in [7, 11) is 0. The van der Waals surface area contributed by atoms with Crippen LogP contribution in [0.1, 0.15) is 23.6 Å². The molecule has 1 heterocycles. The van der Waals surface area contributed by atoms with Gasteiger partial charge >= 0.3 is 0 Å². The van der Waals surface area contributed by atoms with Gasteiger partial charge in [-0.25, -0.2) is 18.4 Å². The Morgan fingerprint density at radius 1 is 1.16 bits per heavy atom. The molecule has 0 aliphatic heterocycles. The number of nitrogens with two attached hydrogens (primary N) is 1. The lowest BCUT2D eigenvalue weighted by molar-refractivity contribution is -0.592. The smallest absolute Gasteiger partial charge is 0.189 e. The largest absolute Gasteiger partial charge is 0.489 e. The number of quaternary nitrogens is 1. The maximum absolute atomic E-state index is 14.7. The summed E-state index contributed by atoms with van der Waals surface area (Å²) < 4.78 is 35.3. The number of aromatic nitrogens is 3. The van der Waals surface area contributed by atoms with Crippen molar-refractivity contribution in [3.05, 3.63) is 114 Å². The molecule has 4 aromatic rings. The van der Waals surface area contributed by atoms with Gasteiger partial charge < -0.3 is 9.84 Å². The molecule has 0 saturated heterocycles. The number of hydrogen-bond donors (Lipinski definition) is 3. The summed E-state index contributed by atoms with van der Waals surface area (Å²) in [4.78, 5) is 8.02. The number of benzene rings is 3. The molecule has 2 unspecified atom stereocenters. The first-order valence-electron chi connectivity index (χ1n) is 11.6. The predicted molar refractivity (Wildman–Crippen MR) is 134 cm³/mol. The molecule has 3 aromatic carbocycles. The first-order chi connectivity index (χ1) is 17.8. The number of nitrogens with one attached hydrogen (secondary N) is 1. The van der Waals surface area contributed by atoms with Crippen molar-refractivity contribution in [1.29, 1.82) is 5.41 Å². The quantitative estimate of drug-likeness (QED) is 0.227. The van der Waals surface area contributed by atoms with Crippen molar-refractivity contribution in [1.82, 2.24) is 14.8 Å². The van der Waals surface area contributed by atoms with Crippen LogP contribution in [-0.4, -0.2) is 38.1 Å². The van der Waals surface area contributed by atoms with Gasteiger partial charge in [0.1, 0.15) is 42.7 Å². The van der Waals surface area contributed by atoms with Crippen LogP contribution >= 0.6 is 0 Å². The van der Waals surface area contributed by atoms with E-state index in [1.807, 2.05) is 30.3 Å². The van der Waals surface area contributed by atoms with Gasteiger partial charge in [0.25, 0.3) is 0 Å². The van der Waals surface area contributed by atoms with Gasteiger partial charge in [-0.15, -0.1) is 0 Å². The van der Waals surface area contributed by atoms with Crippen molar-refractivity contribution in [3.63, 3.8) is 0 Å². The van der Waals surface area contributed by atoms with Crippen LogP contribution in [0.3, 0.4) is 0 Å². The van der Waals surface area contributed by atoms with Crippen molar-refractivity contribution in [2.24, 2.45) is 4.99 Å². The third-order valence-corrected chi connectivity index (χ3v) is 5.97. The van der Waals surface area contributed by atoms with E-state index in [4.69, 9.17) is 10.1 Å². The Labute approximate surface area is 212 Å². The molecule has 37 heavy (non-hydrogen) atoms. The third kappa shape index (κ3) is 6.49. The number of ether oxygens (including phenoxy) is 1. The van der Waals surface area contributed by atoms with Gasteiger partial charge in [0.2, 0.25) is 0 Å². The zero-order valence-electron chi connectivity index (χ0n) is 20.1. The Kier molecular flexibility index (Phi) is 8.11. The topological polar surface area (TPSA) is 113 Å². The molecule has 0 bridgehead atoms. The van der Waals surface area contributed by atoms with E-state index in [-0.39, 0.29) is 17.9 Å². The fourth-order valence-electron chi connectivity index (χ4n) is 3.81. The standard InChI is InChI=1S/C27H26F2N6O2/c1-19(27(36,15-35-18-31-16-34-35)24-12-9-22(28)13-25(24)29)32-17-33-26(30)21-7-10-23(11-8-21)37-14-20-5-3-2-4-6-20/h2-13,16-19,36H,14-15H2,1H3,(H2,30,32,33)/p+1. The van der Waals surface area contributed by atoms with Gasteiger partial charge in [-0.1, -0.05) is 30.3 Å². The molecular formula is C27H27F2N6O2+. The fourth-order valence-corrected chi connectivity index (χ4v) is 3.81. The highest BCUT2D eigenvalue weighted by Gasteiger charge is 2.41. The highest BCUT2D eigenvalue weighted by atomic mass is 19.1. The van der Waals surface area contributed by atoms with Gasteiger partial charge in [0.05, 0.1) is 6.54 Å². The Balaban J connectivity index is 1.41. The van der Waals surface area contributed by atoms with Gasteiger partial charge in [0, 0.05) is 17.2 Å². The van der Waals surface area contributed by atoms with Crippen LogP contribution in [-0.2, 0) is 18.8 Å². The molecule has 0 spiro atoms. The summed E-state index contributed by atoms with van der Waals surface area (Å²) in [5, 5.41) is 25.4. The molecule has 4 N–H and O–H groups in total. The second-order valence-electron chi connectivity index (χ2n) is 8.55. The minimum Gasteiger partial charge on any atom is -0.489 e. The molecule has 2 atom stereocenters. The zero-order chi connectivity index (χ0) is 26.3. The lowest BCUT2D eigenvalue weighted by Gasteiger charge is -2.31. The van der Waals surface area contributed by atoms with Gasteiger partial charge in [-0.3, -0.25) is 10.7 Å². The molecule has 0 radical (unpaired) electrons. The average Bonchev–Trinajstić information content (AvgIpc) is 3.41. The summed E-state index contributed by atoms with van der Waals surface area (Å²) in [6.45, 7) is 1.99. The number of aliphatic imine (C=N–C) groups is 1. The minimum atomic E-state index is -1.78. The van der Waals surface area contributed by atoms with Crippen LogP contribution in [0, 0.1) is 17.0 Å². The van der Waals surface area contributed by atoms with Crippen molar-refractivity contribution in [2.45, 2.75) is 31.7 Å². The maximum Gasteiger partial charge on any atom is 0.189 e. The molecule has 4 rings (SSSR count). The molecule has 0 saturated carbocycles. The third-order valence-electron chi connectivity index (χ3n) is 5.97. The number of hydrogen-bond acceptors (Lipinski definition) is 5. The van der Waals surface area contributed by atoms with E-state index in [0.29, 0.717) is 17.9 Å². The predicted octanol–water partition coefficient (Wildman–Crippen LogP) is 3.03. The second kappa shape index (κ2) is 11.6. The highest BCUT2D eigenvalue weighted by molar-refractivity contribution is 5.99. The van der Waals surface area contributed by atoms with E-state index in [1.54, 1.807) is 36.5 Å². The van der Waals surface area contributed by atoms with E-state index in [2.05, 4.69) is 15.1 Å². The molecule has 8 nitrogen and oxygen atoms in total. The average molecular weight is 506 g/mol. The summed E-state index contributed by atoms with van der Waals surface area (Å²) >= 11 is 0. The van der Waals surface area contributed by atoms with Gasteiger partial charge in [-0.2, -0.15) is 10.1 Å². The second-order valence-corrected chi connectivity index (χ2v) is 8.55. The van der Waals surface area contributed by atoms with E-state index >= 15 is 0 Å². The van der Waals surface area contributed by atoms with Crippen LogP contribution in [0.25, 0.3) is 0 Å². The van der Waals surface area contributed by atoms with Crippen LogP contribution in [0.15, 0.2) is 90.4 Å². The molecule has 0 fully saturated rings. The van der Waals surface area contributed by atoms with Gasteiger partial charge in [-0.05, 0) is 48.9 Å².